The molecule has 0 aliphatic heterocycles. The number of Topliss-reactive ketones (excluding diaryl/α,β-unsaturated/α-hetero) is 1. The van der Waals surface area contributed by atoms with Gasteiger partial charge in [0, 0.05) is 12.5 Å². The fourth-order valence-corrected chi connectivity index (χ4v) is 2.27. The van der Waals surface area contributed by atoms with E-state index in [-0.39, 0.29) is 0 Å². The number of ketones is 1. The van der Waals surface area contributed by atoms with Gasteiger partial charge in [-0.1, -0.05) is 6.92 Å². The van der Waals surface area contributed by atoms with Crippen molar-refractivity contribution in [1.29, 1.82) is 0 Å². The summed E-state index contributed by atoms with van der Waals surface area (Å²) >= 11 is 0. The van der Waals surface area contributed by atoms with Crippen LogP contribution in [0, 0.1) is 5.92 Å². The van der Waals surface area contributed by atoms with Crippen molar-refractivity contribution in [2.75, 3.05) is 6.54 Å². The molecule has 0 saturated heterocycles. The molecule has 0 unspecified atom stereocenters. The first-order valence-electron chi connectivity index (χ1n) is 5.45. The lowest BCUT2D eigenvalue weighted by molar-refractivity contribution is -0.118. The molecule has 0 spiro atoms. The fourth-order valence-electron chi connectivity index (χ4n) is 2.27. The summed E-state index contributed by atoms with van der Waals surface area (Å²) in [5.74, 6) is 1.03. The van der Waals surface area contributed by atoms with Crippen LogP contribution in [0.2, 0.25) is 0 Å². The third-order valence-corrected chi connectivity index (χ3v) is 2.92. The van der Waals surface area contributed by atoms with E-state index in [1.165, 1.54) is 25.7 Å². The minimum atomic E-state index is 0.354. The van der Waals surface area contributed by atoms with Gasteiger partial charge < -0.3 is 10.1 Å². The van der Waals surface area contributed by atoms with Crippen LogP contribution in [0.4, 0.5) is 0 Å². The minimum absolute atomic E-state index is 0.354. The normalized spacial score (nSPS) is 28.8. The summed E-state index contributed by atoms with van der Waals surface area (Å²) in [7, 11) is 0. The Labute approximate surface area is 81.1 Å². The summed E-state index contributed by atoms with van der Waals surface area (Å²) in [6.45, 7) is 4.93. The second-order valence-corrected chi connectivity index (χ2v) is 4.18. The maximum atomic E-state index is 10.9. The van der Waals surface area contributed by atoms with Crippen molar-refractivity contribution in [2.45, 2.75) is 52.0 Å². The molecule has 0 amide bonds. The lowest BCUT2D eigenvalue weighted by Crippen LogP contribution is -2.33. The average molecular weight is 183 g/mol. The number of hydrogen-bond acceptors (Lipinski definition) is 2. The maximum absolute atomic E-state index is 10.9. The molecule has 0 radical (unpaired) electrons. The van der Waals surface area contributed by atoms with Gasteiger partial charge in [-0.05, 0) is 45.1 Å². The molecule has 0 heterocycles. The number of carbonyl (C=O) groups excluding carboxylic acids is 1. The van der Waals surface area contributed by atoms with Crippen molar-refractivity contribution in [1.82, 2.24) is 5.32 Å². The summed E-state index contributed by atoms with van der Waals surface area (Å²) in [5.41, 5.74) is 0. The van der Waals surface area contributed by atoms with Gasteiger partial charge in [0.05, 0.1) is 0 Å². The smallest absolute Gasteiger partial charge is 0.130 e. The minimum Gasteiger partial charge on any atom is -0.314 e. The summed E-state index contributed by atoms with van der Waals surface area (Å²) in [6, 6.07) is 0.716. The molecular weight excluding hydrogens is 162 g/mol. The van der Waals surface area contributed by atoms with Crippen molar-refractivity contribution in [3.05, 3.63) is 0 Å². The SMILES string of the molecule is CCNC1CCC(CC(C)=O)CC1. The zero-order valence-corrected chi connectivity index (χ0v) is 8.81. The molecule has 2 nitrogen and oxygen atoms in total. The summed E-state index contributed by atoms with van der Waals surface area (Å²) < 4.78 is 0. The molecule has 1 fully saturated rings. The van der Waals surface area contributed by atoms with E-state index in [0.29, 0.717) is 17.7 Å². The molecule has 1 N–H and O–H groups in total. The van der Waals surface area contributed by atoms with Crippen molar-refractivity contribution in [2.24, 2.45) is 5.92 Å². The molecule has 1 rings (SSSR count). The highest BCUT2D eigenvalue weighted by atomic mass is 16.1. The highest BCUT2D eigenvalue weighted by Gasteiger charge is 2.20. The van der Waals surface area contributed by atoms with Crippen LogP contribution in [0.15, 0.2) is 0 Å². The molecule has 0 bridgehead atoms. The zero-order chi connectivity index (χ0) is 9.68. The van der Waals surface area contributed by atoms with Crippen LogP contribution < -0.4 is 5.32 Å². The molecule has 2 heteroatoms. The van der Waals surface area contributed by atoms with Gasteiger partial charge in [-0.15, -0.1) is 0 Å². The van der Waals surface area contributed by atoms with Crippen molar-refractivity contribution in [3.63, 3.8) is 0 Å². The zero-order valence-electron chi connectivity index (χ0n) is 8.81. The largest absolute Gasteiger partial charge is 0.314 e. The first-order chi connectivity index (χ1) is 6.22. The Morgan fingerprint density at radius 2 is 1.92 bits per heavy atom. The van der Waals surface area contributed by atoms with Gasteiger partial charge in [0.15, 0.2) is 0 Å². The van der Waals surface area contributed by atoms with E-state index in [4.69, 9.17) is 0 Å². The van der Waals surface area contributed by atoms with E-state index in [9.17, 15) is 4.79 Å². The van der Waals surface area contributed by atoms with Crippen LogP contribution in [-0.2, 0) is 4.79 Å². The third kappa shape index (κ3) is 3.90. The monoisotopic (exact) mass is 183 g/mol. The fraction of sp³-hybridized carbons (Fsp3) is 0.909. The molecule has 0 atom stereocenters. The Morgan fingerprint density at radius 1 is 1.31 bits per heavy atom. The van der Waals surface area contributed by atoms with Gasteiger partial charge in [-0.2, -0.15) is 0 Å². The second kappa shape index (κ2) is 5.38. The Morgan fingerprint density at radius 3 is 2.38 bits per heavy atom. The van der Waals surface area contributed by atoms with Gasteiger partial charge in [0.2, 0.25) is 0 Å². The summed E-state index contributed by atoms with van der Waals surface area (Å²) in [6.07, 6.45) is 5.78. The standard InChI is InChI=1S/C11H21NO/c1-3-12-11-6-4-10(5-7-11)8-9(2)13/h10-12H,3-8H2,1-2H3. The number of rotatable bonds is 4. The van der Waals surface area contributed by atoms with Crippen molar-refractivity contribution >= 4 is 5.78 Å². The lowest BCUT2D eigenvalue weighted by atomic mass is 9.83. The Bertz CT molecular complexity index is 159. The highest BCUT2D eigenvalue weighted by molar-refractivity contribution is 5.75. The van der Waals surface area contributed by atoms with E-state index in [0.717, 1.165) is 13.0 Å². The van der Waals surface area contributed by atoms with Crippen LogP contribution in [0.25, 0.3) is 0 Å². The molecule has 1 aliphatic carbocycles. The van der Waals surface area contributed by atoms with Gasteiger partial charge in [-0.3, -0.25) is 0 Å². The molecule has 0 aromatic carbocycles. The first-order valence-corrected chi connectivity index (χ1v) is 5.45. The first kappa shape index (κ1) is 10.7. The van der Waals surface area contributed by atoms with E-state index in [2.05, 4.69) is 12.2 Å². The second-order valence-electron chi connectivity index (χ2n) is 4.18. The number of nitrogens with one attached hydrogen (secondary N) is 1. The predicted octanol–water partition coefficient (Wildman–Crippen LogP) is 2.13. The lowest BCUT2D eigenvalue weighted by Gasteiger charge is -2.28. The quantitative estimate of drug-likeness (QED) is 0.723. The van der Waals surface area contributed by atoms with Crippen LogP contribution in [-0.4, -0.2) is 18.4 Å². The predicted molar refractivity (Wildman–Crippen MR) is 54.7 cm³/mol. The van der Waals surface area contributed by atoms with Gasteiger partial charge in [0.1, 0.15) is 5.78 Å². The molecule has 0 aromatic heterocycles. The molecular formula is C11H21NO. The molecule has 1 aliphatic rings. The van der Waals surface area contributed by atoms with Crippen molar-refractivity contribution in [3.8, 4) is 0 Å². The van der Waals surface area contributed by atoms with Crippen LogP contribution in [0.5, 0.6) is 0 Å². The summed E-state index contributed by atoms with van der Waals surface area (Å²) in [4.78, 5) is 10.9. The maximum Gasteiger partial charge on any atom is 0.130 e. The average Bonchev–Trinajstić information content (AvgIpc) is 2.08. The van der Waals surface area contributed by atoms with Crippen molar-refractivity contribution < 1.29 is 4.79 Å². The molecule has 1 saturated carbocycles. The third-order valence-electron chi connectivity index (χ3n) is 2.92. The number of hydrogen-bond donors (Lipinski definition) is 1. The Balaban J connectivity index is 2.18. The van der Waals surface area contributed by atoms with E-state index in [1.807, 2.05) is 0 Å². The van der Waals surface area contributed by atoms with Crippen LogP contribution in [0.1, 0.15) is 46.0 Å². The van der Waals surface area contributed by atoms with Crippen LogP contribution in [0.3, 0.4) is 0 Å². The highest BCUT2D eigenvalue weighted by Crippen LogP contribution is 2.26. The van der Waals surface area contributed by atoms with Crippen LogP contribution >= 0.6 is 0 Å². The van der Waals surface area contributed by atoms with Gasteiger partial charge >= 0.3 is 0 Å². The molecule has 13 heavy (non-hydrogen) atoms. The van der Waals surface area contributed by atoms with E-state index >= 15 is 0 Å². The topological polar surface area (TPSA) is 29.1 Å². The molecule has 0 aromatic rings. The van der Waals surface area contributed by atoms with E-state index < -0.39 is 0 Å². The summed E-state index contributed by atoms with van der Waals surface area (Å²) in [5, 5.41) is 3.47. The Hall–Kier alpha value is -0.370. The molecule has 76 valence electrons. The van der Waals surface area contributed by atoms with Gasteiger partial charge in [-0.25, -0.2) is 0 Å². The van der Waals surface area contributed by atoms with E-state index in [1.54, 1.807) is 6.92 Å². The van der Waals surface area contributed by atoms with Gasteiger partial charge in [0.25, 0.3) is 0 Å². The number of carbonyl (C=O) groups is 1. The Kier molecular flexibility index (Phi) is 4.43.